The second kappa shape index (κ2) is 5.46. The Morgan fingerprint density at radius 3 is 2.72 bits per heavy atom. The van der Waals surface area contributed by atoms with E-state index in [1.54, 1.807) is 12.1 Å². The topological polar surface area (TPSA) is 50.5 Å². The molecular weight excluding hydrogens is 386 g/mol. The molecule has 1 aromatic rings. The van der Waals surface area contributed by atoms with Crippen LogP contribution in [0.1, 0.15) is 5.76 Å². The number of nitrogens with zero attached hydrogens (tertiary/aromatic N) is 1. The SMILES string of the molecule is C=CCN1C(=O)S/C(=C\c2cc(Br)c(Br)o2)C1=O. The van der Waals surface area contributed by atoms with Crippen LogP contribution in [0.15, 0.2) is 37.2 Å². The smallest absolute Gasteiger partial charge is 0.293 e. The lowest BCUT2D eigenvalue weighted by molar-refractivity contribution is -0.122. The second-order valence-electron chi connectivity index (χ2n) is 3.35. The Labute approximate surface area is 124 Å². The van der Waals surface area contributed by atoms with Gasteiger partial charge in [0.05, 0.1) is 9.38 Å². The van der Waals surface area contributed by atoms with Crippen LogP contribution in [0.3, 0.4) is 0 Å². The largest absolute Gasteiger partial charge is 0.449 e. The van der Waals surface area contributed by atoms with Crippen molar-refractivity contribution in [2.75, 3.05) is 6.54 Å². The van der Waals surface area contributed by atoms with Crippen LogP contribution in [0.25, 0.3) is 6.08 Å². The molecule has 4 nitrogen and oxygen atoms in total. The minimum atomic E-state index is -0.325. The highest BCUT2D eigenvalue weighted by Crippen LogP contribution is 2.34. The Kier molecular flexibility index (Phi) is 4.14. The van der Waals surface area contributed by atoms with Crippen LogP contribution < -0.4 is 0 Å². The van der Waals surface area contributed by atoms with E-state index in [0.717, 1.165) is 21.1 Å². The van der Waals surface area contributed by atoms with Gasteiger partial charge in [0.25, 0.3) is 11.1 Å². The monoisotopic (exact) mass is 391 g/mol. The standard InChI is InChI=1S/C11H7Br2NO3S/c1-2-3-14-10(15)8(18-11(14)16)5-6-4-7(12)9(13)17-6/h2,4-5H,1,3H2/b8-5-. The lowest BCUT2D eigenvalue weighted by Crippen LogP contribution is -2.27. The summed E-state index contributed by atoms with van der Waals surface area (Å²) in [5.74, 6) is 0.173. The average Bonchev–Trinajstić information content (AvgIpc) is 2.75. The highest BCUT2D eigenvalue weighted by atomic mass is 79.9. The molecule has 1 fully saturated rings. The van der Waals surface area contributed by atoms with Crippen LogP contribution in [0, 0.1) is 0 Å². The fourth-order valence-corrected chi connectivity index (χ4v) is 2.79. The molecule has 2 amide bonds. The first-order valence-electron chi connectivity index (χ1n) is 4.84. The molecule has 2 heterocycles. The molecule has 1 aliphatic rings. The molecule has 0 radical (unpaired) electrons. The van der Waals surface area contributed by atoms with Gasteiger partial charge in [-0.05, 0) is 49.7 Å². The predicted molar refractivity (Wildman–Crippen MR) is 77.0 cm³/mol. The molecule has 0 N–H and O–H groups in total. The summed E-state index contributed by atoms with van der Waals surface area (Å²) in [6.07, 6.45) is 3.06. The zero-order valence-corrected chi connectivity index (χ0v) is 13.0. The van der Waals surface area contributed by atoms with E-state index >= 15 is 0 Å². The Hall–Kier alpha value is -0.790. The molecule has 1 aliphatic heterocycles. The number of halogens is 2. The van der Waals surface area contributed by atoms with Crippen molar-refractivity contribution in [2.24, 2.45) is 0 Å². The van der Waals surface area contributed by atoms with Gasteiger partial charge in [-0.2, -0.15) is 0 Å². The first-order chi connectivity index (χ1) is 8.52. The third-order valence-corrected chi connectivity index (χ3v) is 4.74. The van der Waals surface area contributed by atoms with Gasteiger partial charge in [-0.3, -0.25) is 14.5 Å². The summed E-state index contributed by atoms with van der Waals surface area (Å²) in [7, 11) is 0. The highest BCUT2D eigenvalue weighted by Gasteiger charge is 2.34. The third-order valence-electron chi connectivity index (χ3n) is 2.12. The molecule has 7 heteroatoms. The molecule has 2 rings (SSSR count). The van der Waals surface area contributed by atoms with Crippen molar-refractivity contribution < 1.29 is 14.0 Å². The summed E-state index contributed by atoms with van der Waals surface area (Å²) in [5, 5.41) is -0.296. The molecule has 0 aliphatic carbocycles. The van der Waals surface area contributed by atoms with Gasteiger partial charge in [0, 0.05) is 12.6 Å². The number of hydrogen-bond acceptors (Lipinski definition) is 4. The lowest BCUT2D eigenvalue weighted by atomic mass is 10.3. The summed E-state index contributed by atoms with van der Waals surface area (Å²) in [4.78, 5) is 25.0. The van der Waals surface area contributed by atoms with Crippen molar-refractivity contribution in [2.45, 2.75) is 0 Å². The fourth-order valence-electron chi connectivity index (χ4n) is 1.35. The van der Waals surface area contributed by atoms with Crippen molar-refractivity contribution >= 4 is 60.8 Å². The van der Waals surface area contributed by atoms with E-state index in [4.69, 9.17) is 4.42 Å². The Morgan fingerprint density at radius 2 is 2.17 bits per heavy atom. The van der Waals surface area contributed by atoms with Crippen LogP contribution in [-0.2, 0) is 4.79 Å². The quantitative estimate of drug-likeness (QED) is 0.575. The van der Waals surface area contributed by atoms with E-state index in [1.807, 2.05) is 0 Å². The van der Waals surface area contributed by atoms with Gasteiger partial charge in [0.1, 0.15) is 5.76 Å². The van der Waals surface area contributed by atoms with Gasteiger partial charge < -0.3 is 4.42 Å². The summed E-state index contributed by atoms with van der Waals surface area (Å²) in [6, 6.07) is 1.71. The summed E-state index contributed by atoms with van der Waals surface area (Å²) < 4.78 is 6.62. The van der Waals surface area contributed by atoms with Crippen molar-refractivity contribution in [1.29, 1.82) is 0 Å². The number of amides is 2. The lowest BCUT2D eigenvalue weighted by Gasteiger charge is -2.07. The first kappa shape index (κ1) is 13.6. The molecule has 0 saturated carbocycles. The number of imide groups is 1. The average molecular weight is 393 g/mol. The van der Waals surface area contributed by atoms with Gasteiger partial charge in [0.15, 0.2) is 4.67 Å². The van der Waals surface area contributed by atoms with Crippen molar-refractivity contribution in [3.05, 3.63) is 38.5 Å². The Morgan fingerprint density at radius 1 is 1.44 bits per heavy atom. The maximum absolute atomic E-state index is 11.9. The molecule has 1 aromatic heterocycles. The summed E-state index contributed by atoms with van der Waals surface area (Å²) >= 11 is 7.37. The minimum Gasteiger partial charge on any atom is -0.449 e. The number of rotatable bonds is 3. The molecule has 18 heavy (non-hydrogen) atoms. The second-order valence-corrected chi connectivity index (χ2v) is 5.92. The molecule has 0 unspecified atom stereocenters. The number of thioether (sulfide) groups is 1. The van der Waals surface area contributed by atoms with E-state index in [0.29, 0.717) is 15.3 Å². The summed E-state index contributed by atoms with van der Waals surface area (Å²) in [6.45, 7) is 3.73. The van der Waals surface area contributed by atoms with Gasteiger partial charge in [-0.1, -0.05) is 6.08 Å². The maximum atomic E-state index is 11.9. The van der Waals surface area contributed by atoms with Crippen LogP contribution in [0.4, 0.5) is 4.79 Å². The van der Waals surface area contributed by atoms with Gasteiger partial charge in [0.2, 0.25) is 0 Å². The number of furan rings is 1. The molecular formula is C11H7Br2NO3S. The van der Waals surface area contributed by atoms with Gasteiger partial charge >= 0.3 is 0 Å². The molecule has 1 saturated heterocycles. The van der Waals surface area contributed by atoms with E-state index < -0.39 is 0 Å². The van der Waals surface area contributed by atoms with Crippen LogP contribution >= 0.6 is 43.6 Å². The minimum absolute atomic E-state index is 0.216. The van der Waals surface area contributed by atoms with Crippen molar-refractivity contribution in [1.82, 2.24) is 4.90 Å². The Balaban J connectivity index is 2.27. The van der Waals surface area contributed by atoms with Crippen molar-refractivity contribution in [3.63, 3.8) is 0 Å². The zero-order valence-electron chi connectivity index (χ0n) is 8.98. The predicted octanol–water partition coefficient (Wildman–Crippen LogP) is 4.03. The molecule has 0 atom stereocenters. The molecule has 0 aromatic carbocycles. The maximum Gasteiger partial charge on any atom is 0.293 e. The molecule has 0 bridgehead atoms. The van der Waals surface area contributed by atoms with Crippen LogP contribution in [0.5, 0.6) is 0 Å². The van der Waals surface area contributed by atoms with Gasteiger partial charge in [-0.15, -0.1) is 6.58 Å². The normalized spacial score (nSPS) is 17.9. The summed E-state index contributed by atoms with van der Waals surface area (Å²) in [5.41, 5.74) is 0. The van der Waals surface area contributed by atoms with E-state index in [2.05, 4.69) is 38.4 Å². The van der Waals surface area contributed by atoms with E-state index in [9.17, 15) is 9.59 Å². The number of carbonyl (C=O) groups excluding carboxylic acids is 2. The highest BCUT2D eigenvalue weighted by molar-refractivity contribution is 9.13. The first-order valence-corrected chi connectivity index (χ1v) is 7.24. The van der Waals surface area contributed by atoms with Crippen molar-refractivity contribution in [3.8, 4) is 0 Å². The van der Waals surface area contributed by atoms with Gasteiger partial charge in [-0.25, -0.2) is 0 Å². The van der Waals surface area contributed by atoms with E-state index in [1.165, 1.54) is 6.08 Å². The van der Waals surface area contributed by atoms with Crippen LogP contribution in [-0.4, -0.2) is 22.6 Å². The number of hydrogen-bond donors (Lipinski definition) is 0. The number of carbonyl (C=O) groups is 2. The zero-order chi connectivity index (χ0) is 13.3. The van der Waals surface area contributed by atoms with Crippen LogP contribution in [0.2, 0.25) is 0 Å². The third kappa shape index (κ3) is 2.62. The molecule has 0 spiro atoms. The fraction of sp³-hybridized carbons (Fsp3) is 0.0909. The van der Waals surface area contributed by atoms with E-state index in [-0.39, 0.29) is 17.7 Å². The molecule has 94 valence electrons. The Bertz CT molecular complexity index is 545.